The summed E-state index contributed by atoms with van der Waals surface area (Å²) in [6.45, 7) is 2.14. The zero-order valence-corrected chi connectivity index (χ0v) is 12.9. The number of hydrogen-bond donors (Lipinski definition) is 1. The van der Waals surface area contributed by atoms with Crippen LogP contribution < -0.4 is 5.32 Å². The maximum atomic E-state index is 12.3. The highest BCUT2D eigenvalue weighted by Gasteiger charge is 2.25. The van der Waals surface area contributed by atoms with Gasteiger partial charge in [-0.25, -0.2) is 4.79 Å². The van der Waals surface area contributed by atoms with Gasteiger partial charge in [0.25, 0.3) is 0 Å². The maximum Gasteiger partial charge on any atom is 0.317 e. The number of likely N-dealkylation sites (tertiary alicyclic amines) is 1. The molecule has 116 valence electrons. The lowest BCUT2D eigenvalue weighted by atomic mass is 9.95. The Kier molecular flexibility index (Phi) is 4.42. The van der Waals surface area contributed by atoms with Crippen molar-refractivity contribution in [2.45, 2.75) is 25.3 Å². The molecule has 2 aromatic rings. The minimum absolute atomic E-state index is 0.0180. The van der Waals surface area contributed by atoms with Gasteiger partial charge in [-0.1, -0.05) is 30.3 Å². The van der Waals surface area contributed by atoms with E-state index in [4.69, 9.17) is 0 Å². The SMILES string of the molecule is Cn1ccc(C2CCCN(C(=O)NCc3ccccc3)C2)n1. The molecule has 1 aliphatic heterocycles. The molecule has 0 saturated carbocycles. The third kappa shape index (κ3) is 3.47. The highest BCUT2D eigenvalue weighted by Crippen LogP contribution is 2.25. The number of piperidine rings is 1. The van der Waals surface area contributed by atoms with E-state index in [1.807, 2.05) is 53.2 Å². The molecule has 5 nitrogen and oxygen atoms in total. The maximum absolute atomic E-state index is 12.3. The third-order valence-electron chi connectivity index (χ3n) is 4.15. The number of aromatic nitrogens is 2. The summed E-state index contributed by atoms with van der Waals surface area (Å²) in [5.41, 5.74) is 2.21. The number of urea groups is 1. The molecule has 0 bridgehead atoms. The summed E-state index contributed by atoms with van der Waals surface area (Å²) in [7, 11) is 1.93. The minimum Gasteiger partial charge on any atom is -0.334 e. The summed E-state index contributed by atoms with van der Waals surface area (Å²) in [5, 5.41) is 7.49. The van der Waals surface area contributed by atoms with Gasteiger partial charge >= 0.3 is 6.03 Å². The molecule has 1 N–H and O–H groups in total. The largest absolute Gasteiger partial charge is 0.334 e. The molecular formula is C17H22N4O. The van der Waals surface area contributed by atoms with Crippen LogP contribution in [0.5, 0.6) is 0 Å². The standard InChI is InChI=1S/C17H22N4O/c1-20-11-9-16(19-20)15-8-5-10-21(13-15)17(22)18-12-14-6-3-2-4-7-14/h2-4,6-7,9,11,15H,5,8,10,12-13H2,1H3,(H,18,22). The van der Waals surface area contributed by atoms with Crippen LogP contribution in [0.4, 0.5) is 4.79 Å². The normalized spacial score (nSPS) is 18.2. The van der Waals surface area contributed by atoms with Gasteiger partial charge < -0.3 is 10.2 Å². The van der Waals surface area contributed by atoms with E-state index in [-0.39, 0.29) is 6.03 Å². The molecule has 1 fully saturated rings. The smallest absolute Gasteiger partial charge is 0.317 e. The molecule has 1 aromatic carbocycles. The van der Waals surface area contributed by atoms with Crippen molar-refractivity contribution in [3.05, 3.63) is 53.9 Å². The highest BCUT2D eigenvalue weighted by atomic mass is 16.2. The van der Waals surface area contributed by atoms with Gasteiger partial charge in [0, 0.05) is 38.8 Å². The zero-order valence-electron chi connectivity index (χ0n) is 12.9. The fourth-order valence-corrected chi connectivity index (χ4v) is 2.94. The minimum atomic E-state index is 0.0180. The molecule has 2 heterocycles. The van der Waals surface area contributed by atoms with Crippen molar-refractivity contribution < 1.29 is 4.79 Å². The Bertz CT molecular complexity index is 623. The quantitative estimate of drug-likeness (QED) is 0.946. The number of rotatable bonds is 3. The first kappa shape index (κ1) is 14.6. The van der Waals surface area contributed by atoms with E-state index in [2.05, 4.69) is 16.5 Å². The second-order valence-electron chi connectivity index (χ2n) is 5.84. The Hall–Kier alpha value is -2.30. The number of aryl methyl sites for hydroxylation is 1. The second-order valence-corrected chi connectivity index (χ2v) is 5.84. The monoisotopic (exact) mass is 298 g/mol. The van der Waals surface area contributed by atoms with Crippen LogP contribution in [0.15, 0.2) is 42.6 Å². The average molecular weight is 298 g/mol. The Labute approximate surface area is 130 Å². The molecule has 5 heteroatoms. The number of nitrogens with zero attached hydrogens (tertiary/aromatic N) is 3. The molecule has 1 unspecified atom stereocenters. The summed E-state index contributed by atoms with van der Waals surface area (Å²) >= 11 is 0. The van der Waals surface area contributed by atoms with E-state index in [1.165, 1.54) is 0 Å². The van der Waals surface area contributed by atoms with E-state index < -0.39 is 0 Å². The van der Waals surface area contributed by atoms with Crippen LogP contribution in [0.25, 0.3) is 0 Å². The van der Waals surface area contributed by atoms with Gasteiger partial charge in [-0.05, 0) is 24.5 Å². The van der Waals surface area contributed by atoms with Gasteiger partial charge in [-0.15, -0.1) is 0 Å². The summed E-state index contributed by atoms with van der Waals surface area (Å²) < 4.78 is 1.82. The van der Waals surface area contributed by atoms with Crippen molar-refractivity contribution in [3.8, 4) is 0 Å². The van der Waals surface area contributed by atoms with Gasteiger partial charge in [-0.2, -0.15) is 5.10 Å². The number of carbonyl (C=O) groups is 1. The fourth-order valence-electron chi connectivity index (χ4n) is 2.94. The van der Waals surface area contributed by atoms with E-state index >= 15 is 0 Å². The lowest BCUT2D eigenvalue weighted by Gasteiger charge is -2.32. The number of nitrogens with one attached hydrogen (secondary N) is 1. The fraction of sp³-hybridized carbons (Fsp3) is 0.412. The van der Waals surface area contributed by atoms with Gasteiger partial charge in [0.05, 0.1) is 5.69 Å². The molecule has 1 saturated heterocycles. The molecule has 2 amide bonds. The second kappa shape index (κ2) is 6.64. The Morgan fingerprint density at radius 1 is 1.32 bits per heavy atom. The first-order chi connectivity index (χ1) is 10.7. The van der Waals surface area contributed by atoms with Crippen LogP contribution >= 0.6 is 0 Å². The van der Waals surface area contributed by atoms with E-state index in [0.717, 1.165) is 37.2 Å². The van der Waals surface area contributed by atoms with Gasteiger partial charge in [-0.3, -0.25) is 4.68 Å². The van der Waals surface area contributed by atoms with Crippen LogP contribution in [-0.4, -0.2) is 33.8 Å². The summed E-state index contributed by atoms with van der Waals surface area (Å²) in [4.78, 5) is 14.3. The molecule has 3 rings (SSSR count). The van der Waals surface area contributed by atoms with Crippen molar-refractivity contribution in [2.24, 2.45) is 7.05 Å². The van der Waals surface area contributed by atoms with Crippen LogP contribution in [0.3, 0.4) is 0 Å². The zero-order chi connectivity index (χ0) is 15.4. The van der Waals surface area contributed by atoms with Crippen molar-refractivity contribution in [3.63, 3.8) is 0 Å². The van der Waals surface area contributed by atoms with Crippen LogP contribution in [-0.2, 0) is 13.6 Å². The lowest BCUT2D eigenvalue weighted by molar-refractivity contribution is 0.178. The first-order valence-electron chi connectivity index (χ1n) is 7.78. The van der Waals surface area contributed by atoms with Gasteiger partial charge in [0.1, 0.15) is 0 Å². The van der Waals surface area contributed by atoms with E-state index in [0.29, 0.717) is 12.5 Å². The summed E-state index contributed by atoms with van der Waals surface area (Å²) in [5.74, 6) is 0.345. The van der Waals surface area contributed by atoms with Crippen molar-refractivity contribution in [2.75, 3.05) is 13.1 Å². The number of carbonyl (C=O) groups excluding carboxylic acids is 1. The number of benzene rings is 1. The van der Waals surface area contributed by atoms with E-state index in [9.17, 15) is 4.79 Å². The molecule has 1 atom stereocenters. The van der Waals surface area contributed by atoms with E-state index in [1.54, 1.807) is 0 Å². The molecular weight excluding hydrogens is 276 g/mol. The summed E-state index contributed by atoms with van der Waals surface area (Å²) in [6, 6.07) is 12.1. The molecule has 22 heavy (non-hydrogen) atoms. The molecule has 0 aliphatic carbocycles. The number of hydrogen-bond acceptors (Lipinski definition) is 2. The Morgan fingerprint density at radius 3 is 2.86 bits per heavy atom. The molecule has 1 aliphatic rings. The Morgan fingerprint density at radius 2 is 2.14 bits per heavy atom. The van der Waals surface area contributed by atoms with Crippen LogP contribution in [0, 0.1) is 0 Å². The third-order valence-corrected chi connectivity index (χ3v) is 4.15. The van der Waals surface area contributed by atoms with Crippen molar-refractivity contribution >= 4 is 6.03 Å². The predicted octanol–water partition coefficient (Wildman–Crippen LogP) is 2.51. The predicted molar refractivity (Wildman–Crippen MR) is 85.4 cm³/mol. The van der Waals surface area contributed by atoms with Crippen LogP contribution in [0.2, 0.25) is 0 Å². The molecule has 1 aromatic heterocycles. The first-order valence-corrected chi connectivity index (χ1v) is 7.78. The Balaban J connectivity index is 1.56. The molecule has 0 spiro atoms. The highest BCUT2D eigenvalue weighted by molar-refractivity contribution is 5.74. The van der Waals surface area contributed by atoms with Gasteiger partial charge in [0.2, 0.25) is 0 Å². The lowest BCUT2D eigenvalue weighted by Crippen LogP contribution is -2.44. The topological polar surface area (TPSA) is 50.2 Å². The summed E-state index contributed by atoms with van der Waals surface area (Å²) in [6.07, 6.45) is 4.09. The van der Waals surface area contributed by atoms with Gasteiger partial charge in [0.15, 0.2) is 0 Å². The average Bonchev–Trinajstić information content (AvgIpc) is 3.00. The number of amides is 2. The van der Waals surface area contributed by atoms with Crippen LogP contribution in [0.1, 0.15) is 30.0 Å². The van der Waals surface area contributed by atoms with Crippen molar-refractivity contribution in [1.82, 2.24) is 20.0 Å². The van der Waals surface area contributed by atoms with Crippen molar-refractivity contribution in [1.29, 1.82) is 0 Å². The molecule has 0 radical (unpaired) electrons.